The number of nitrogens with zero attached hydrogens (tertiary/aromatic N) is 1. The molecule has 1 aromatic rings. The lowest BCUT2D eigenvalue weighted by molar-refractivity contribution is -0.118. The molecule has 1 unspecified atom stereocenters. The molecule has 1 aromatic heterocycles. The lowest BCUT2D eigenvalue weighted by atomic mass is 9.99. The molecule has 1 saturated heterocycles. The molecule has 1 atom stereocenters. The summed E-state index contributed by atoms with van der Waals surface area (Å²) in [5.74, 6) is 0.639. The Balaban J connectivity index is 1.84. The largest absolute Gasteiger partial charge is 0.338 e. The monoisotopic (exact) mass is 376 g/mol. The van der Waals surface area contributed by atoms with Crippen LogP contribution in [0, 0.1) is 36.5 Å². The quantitative estimate of drug-likeness (QED) is 0.819. The van der Waals surface area contributed by atoms with E-state index in [0.717, 1.165) is 35.0 Å². The highest BCUT2D eigenvalue weighted by atomic mass is 32.1. The van der Waals surface area contributed by atoms with Crippen molar-refractivity contribution in [3.8, 4) is 0 Å². The van der Waals surface area contributed by atoms with Crippen LogP contribution in [0.4, 0.5) is 5.00 Å². The molecule has 1 aliphatic heterocycles. The van der Waals surface area contributed by atoms with E-state index >= 15 is 0 Å². The molecule has 26 heavy (non-hydrogen) atoms. The van der Waals surface area contributed by atoms with Gasteiger partial charge in [0.05, 0.1) is 5.56 Å². The van der Waals surface area contributed by atoms with E-state index in [4.69, 9.17) is 0 Å². The Morgan fingerprint density at radius 3 is 2.31 bits per heavy atom. The molecule has 0 bridgehead atoms. The van der Waals surface area contributed by atoms with Gasteiger partial charge in [0.15, 0.2) is 0 Å². The molecule has 4 nitrogen and oxygen atoms in total. The van der Waals surface area contributed by atoms with Crippen molar-refractivity contribution in [1.29, 1.82) is 0 Å². The predicted octanol–water partition coefficient (Wildman–Crippen LogP) is 4.86. The van der Waals surface area contributed by atoms with Crippen LogP contribution in [0.5, 0.6) is 0 Å². The summed E-state index contributed by atoms with van der Waals surface area (Å²) in [6, 6.07) is 0. The van der Waals surface area contributed by atoms with Crippen molar-refractivity contribution in [2.45, 2.75) is 61.3 Å². The third-order valence-electron chi connectivity index (χ3n) is 7.06. The highest BCUT2D eigenvalue weighted by Crippen LogP contribution is 2.68. The molecule has 5 heteroatoms. The van der Waals surface area contributed by atoms with Crippen LogP contribution < -0.4 is 5.32 Å². The van der Waals surface area contributed by atoms with Gasteiger partial charge in [0.1, 0.15) is 5.00 Å². The number of thiophene rings is 1. The summed E-state index contributed by atoms with van der Waals surface area (Å²) >= 11 is 1.53. The lowest BCUT2D eigenvalue weighted by Gasteiger charge is -2.31. The molecule has 1 saturated carbocycles. The van der Waals surface area contributed by atoms with Gasteiger partial charge in [-0.1, -0.05) is 34.6 Å². The number of carbonyl (C=O) groups excluding carboxylic acids is 2. The van der Waals surface area contributed by atoms with Gasteiger partial charge in [-0.25, -0.2) is 0 Å². The first-order chi connectivity index (χ1) is 12.0. The van der Waals surface area contributed by atoms with E-state index in [-0.39, 0.29) is 28.6 Å². The van der Waals surface area contributed by atoms with Crippen LogP contribution in [0.15, 0.2) is 0 Å². The molecule has 2 aliphatic rings. The number of aryl methyl sites for hydroxylation is 1. The first-order valence-electron chi connectivity index (χ1n) is 9.68. The van der Waals surface area contributed by atoms with Gasteiger partial charge in [-0.15, -0.1) is 11.3 Å². The number of rotatable bonds is 3. The molecule has 3 rings (SSSR count). The number of hydrogen-bond acceptors (Lipinski definition) is 3. The first-order valence-corrected chi connectivity index (χ1v) is 10.5. The molecule has 1 N–H and O–H groups in total. The van der Waals surface area contributed by atoms with Crippen LogP contribution in [-0.4, -0.2) is 29.8 Å². The van der Waals surface area contributed by atoms with Crippen molar-refractivity contribution in [2.24, 2.45) is 22.7 Å². The summed E-state index contributed by atoms with van der Waals surface area (Å²) in [5.41, 5.74) is 1.68. The third-order valence-corrected chi connectivity index (χ3v) is 8.19. The molecule has 144 valence electrons. The molecule has 0 spiro atoms. The summed E-state index contributed by atoms with van der Waals surface area (Å²) in [6.07, 6.45) is 2.24. The standard InChI is InChI=1S/C21H32N2O2S/c1-12-9-8-10-23(11-12)19(25)15-13(2)14(3)26-18(15)22-17(24)16-20(4,5)21(16,6)7/h12,16H,8-11H2,1-7H3,(H,22,24). The molecule has 1 aliphatic carbocycles. The maximum absolute atomic E-state index is 13.2. The Morgan fingerprint density at radius 1 is 1.15 bits per heavy atom. The van der Waals surface area contributed by atoms with Crippen molar-refractivity contribution in [1.82, 2.24) is 4.90 Å². The predicted molar refractivity (Wildman–Crippen MR) is 108 cm³/mol. The average Bonchev–Trinajstić information content (AvgIpc) is 2.78. The molecule has 2 heterocycles. The minimum Gasteiger partial charge on any atom is -0.338 e. The van der Waals surface area contributed by atoms with Gasteiger partial charge in [-0.05, 0) is 49.0 Å². The molecule has 0 radical (unpaired) electrons. The van der Waals surface area contributed by atoms with Gasteiger partial charge in [0.25, 0.3) is 5.91 Å². The van der Waals surface area contributed by atoms with Gasteiger partial charge in [0.2, 0.25) is 5.91 Å². The Bertz CT molecular complexity index is 733. The van der Waals surface area contributed by atoms with Gasteiger partial charge in [-0.3, -0.25) is 9.59 Å². The summed E-state index contributed by atoms with van der Waals surface area (Å²) in [7, 11) is 0. The second kappa shape index (κ2) is 6.36. The van der Waals surface area contributed by atoms with Crippen molar-refractivity contribution < 1.29 is 9.59 Å². The van der Waals surface area contributed by atoms with E-state index < -0.39 is 0 Å². The maximum atomic E-state index is 13.2. The fourth-order valence-electron chi connectivity index (χ4n) is 4.54. The average molecular weight is 377 g/mol. The number of carbonyl (C=O) groups is 2. The Morgan fingerprint density at radius 2 is 1.77 bits per heavy atom. The fourth-order valence-corrected chi connectivity index (χ4v) is 5.60. The van der Waals surface area contributed by atoms with Crippen LogP contribution in [0.25, 0.3) is 0 Å². The van der Waals surface area contributed by atoms with Crippen LogP contribution in [0.1, 0.15) is 68.3 Å². The van der Waals surface area contributed by atoms with Crippen molar-refractivity contribution in [2.75, 3.05) is 18.4 Å². The Labute approximate surface area is 161 Å². The third kappa shape index (κ3) is 2.98. The minimum absolute atomic E-state index is 0.00902. The minimum atomic E-state index is -0.0179. The second-order valence-corrected chi connectivity index (χ2v) is 10.6. The number of likely N-dealkylation sites (tertiary alicyclic amines) is 1. The molecular formula is C21H32N2O2S. The molecule has 2 amide bonds. The van der Waals surface area contributed by atoms with Crippen LogP contribution in [0.2, 0.25) is 0 Å². The van der Waals surface area contributed by atoms with Crippen LogP contribution in [-0.2, 0) is 4.79 Å². The van der Waals surface area contributed by atoms with Crippen LogP contribution in [0.3, 0.4) is 0 Å². The highest BCUT2D eigenvalue weighted by Gasteiger charge is 2.68. The van der Waals surface area contributed by atoms with E-state index in [9.17, 15) is 9.59 Å². The second-order valence-electron chi connectivity index (χ2n) is 9.35. The van der Waals surface area contributed by atoms with Gasteiger partial charge >= 0.3 is 0 Å². The zero-order chi connectivity index (χ0) is 19.4. The summed E-state index contributed by atoms with van der Waals surface area (Å²) in [5, 5.41) is 3.84. The molecular weight excluding hydrogens is 344 g/mol. The summed E-state index contributed by atoms with van der Waals surface area (Å²) in [6.45, 7) is 16.4. The highest BCUT2D eigenvalue weighted by molar-refractivity contribution is 7.16. The van der Waals surface area contributed by atoms with E-state index in [2.05, 4.69) is 39.9 Å². The van der Waals surface area contributed by atoms with Crippen molar-refractivity contribution in [3.63, 3.8) is 0 Å². The number of anilines is 1. The Hall–Kier alpha value is -1.36. The zero-order valence-electron chi connectivity index (χ0n) is 17.2. The normalized spacial score (nSPS) is 24.4. The van der Waals surface area contributed by atoms with E-state index in [1.807, 2.05) is 18.7 Å². The fraction of sp³-hybridized carbons (Fsp3) is 0.714. The lowest BCUT2D eigenvalue weighted by Crippen LogP contribution is -2.39. The van der Waals surface area contributed by atoms with Gasteiger partial charge in [-0.2, -0.15) is 0 Å². The summed E-state index contributed by atoms with van der Waals surface area (Å²) in [4.78, 5) is 29.2. The van der Waals surface area contributed by atoms with Gasteiger partial charge < -0.3 is 10.2 Å². The summed E-state index contributed by atoms with van der Waals surface area (Å²) < 4.78 is 0. The molecule has 2 fully saturated rings. The smallest absolute Gasteiger partial charge is 0.257 e. The molecule has 0 aromatic carbocycles. The van der Waals surface area contributed by atoms with E-state index in [1.54, 1.807) is 0 Å². The number of nitrogens with one attached hydrogen (secondary N) is 1. The first kappa shape index (κ1) is 19.4. The number of hydrogen-bond donors (Lipinski definition) is 1. The zero-order valence-corrected chi connectivity index (χ0v) is 18.0. The number of amides is 2. The SMILES string of the molecule is Cc1sc(NC(=O)C2C(C)(C)C2(C)C)c(C(=O)N2CCCC(C)C2)c1C. The van der Waals surface area contributed by atoms with Crippen LogP contribution >= 0.6 is 11.3 Å². The van der Waals surface area contributed by atoms with Crippen molar-refractivity contribution in [3.05, 3.63) is 16.0 Å². The van der Waals surface area contributed by atoms with E-state index in [1.165, 1.54) is 17.8 Å². The topological polar surface area (TPSA) is 49.4 Å². The van der Waals surface area contributed by atoms with E-state index in [0.29, 0.717) is 11.5 Å². The Kier molecular flexibility index (Phi) is 4.75. The van der Waals surface area contributed by atoms with Gasteiger partial charge in [0, 0.05) is 23.9 Å². The number of piperidine rings is 1. The van der Waals surface area contributed by atoms with Crippen molar-refractivity contribution >= 4 is 28.2 Å². The maximum Gasteiger partial charge on any atom is 0.257 e.